The second-order valence-corrected chi connectivity index (χ2v) is 4.85. The topological polar surface area (TPSA) is 83.5 Å². The molecule has 5 nitrogen and oxygen atoms in total. The third-order valence-electron chi connectivity index (χ3n) is 2.04. The summed E-state index contributed by atoms with van der Waals surface area (Å²) in [6.07, 6.45) is 4.51. The minimum absolute atomic E-state index is 0.365. The molecule has 0 heterocycles. The van der Waals surface area contributed by atoms with Crippen molar-refractivity contribution in [1.29, 1.82) is 0 Å². The van der Waals surface area contributed by atoms with E-state index in [4.69, 9.17) is 4.55 Å². The summed E-state index contributed by atoms with van der Waals surface area (Å²) in [5.41, 5.74) is 0. The number of nitrogens with one attached hydrogen (secondary N) is 1. The fraction of sp³-hybridized carbons (Fsp3) is 0.667. The number of carbonyl (C=O) groups excluding carboxylic acids is 1. The Morgan fingerprint density at radius 1 is 1.33 bits per heavy atom. The second-order valence-electron chi connectivity index (χ2n) is 3.21. The van der Waals surface area contributed by atoms with E-state index in [1.165, 1.54) is 6.08 Å². The van der Waals surface area contributed by atoms with Crippen LogP contribution in [0.25, 0.3) is 0 Å². The van der Waals surface area contributed by atoms with Crippen molar-refractivity contribution in [2.75, 3.05) is 6.54 Å². The molecule has 0 radical (unpaired) electrons. The lowest BCUT2D eigenvalue weighted by Gasteiger charge is -2.08. The SMILES string of the molecule is C=CC(CCCCCNC=O)S(=O)(=O)O. The van der Waals surface area contributed by atoms with Gasteiger partial charge in [0.25, 0.3) is 10.1 Å². The van der Waals surface area contributed by atoms with Crippen molar-refractivity contribution in [2.24, 2.45) is 0 Å². The summed E-state index contributed by atoms with van der Waals surface area (Å²) in [7, 11) is -4.00. The van der Waals surface area contributed by atoms with E-state index < -0.39 is 15.4 Å². The van der Waals surface area contributed by atoms with E-state index in [0.29, 0.717) is 25.8 Å². The molecule has 0 aliphatic heterocycles. The molecule has 15 heavy (non-hydrogen) atoms. The normalized spacial score (nSPS) is 13.1. The Hall–Kier alpha value is -0.880. The van der Waals surface area contributed by atoms with Gasteiger partial charge in [0.1, 0.15) is 5.25 Å². The lowest BCUT2D eigenvalue weighted by Crippen LogP contribution is -2.17. The molecule has 0 aliphatic rings. The molecule has 2 N–H and O–H groups in total. The first-order chi connectivity index (χ1) is 7.02. The van der Waals surface area contributed by atoms with Gasteiger partial charge in [-0.3, -0.25) is 9.35 Å². The smallest absolute Gasteiger partial charge is 0.271 e. The Morgan fingerprint density at radius 3 is 2.47 bits per heavy atom. The first kappa shape index (κ1) is 14.1. The summed E-state index contributed by atoms with van der Waals surface area (Å²) in [5, 5.41) is 1.63. The molecule has 0 saturated heterocycles. The Morgan fingerprint density at radius 2 is 2.00 bits per heavy atom. The number of amides is 1. The second kappa shape index (κ2) is 7.42. The van der Waals surface area contributed by atoms with Crippen molar-refractivity contribution in [3.63, 3.8) is 0 Å². The molecular formula is C9H17NO4S. The Balaban J connectivity index is 3.65. The van der Waals surface area contributed by atoms with Crippen molar-refractivity contribution in [1.82, 2.24) is 5.32 Å². The van der Waals surface area contributed by atoms with E-state index in [1.807, 2.05) is 0 Å². The van der Waals surface area contributed by atoms with Gasteiger partial charge in [0, 0.05) is 6.54 Å². The van der Waals surface area contributed by atoms with Crippen molar-refractivity contribution >= 4 is 16.5 Å². The van der Waals surface area contributed by atoms with Crippen LogP contribution >= 0.6 is 0 Å². The lowest BCUT2D eigenvalue weighted by molar-refractivity contribution is -0.109. The predicted molar refractivity (Wildman–Crippen MR) is 58.1 cm³/mol. The first-order valence-electron chi connectivity index (χ1n) is 4.78. The van der Waals surface area contributed by atoms with Gasteiger partial charge in [0.2, 0.25) is 6.41 Å². The summed E-state index contributed by atoms with van der Waals surface area (Å²) >= 11 is 0. The highest BCUT2D eigenvalue weighted by molar-refractivity contribution is 7.86. The maximum absolute atomic E-state index is 10.8. The molecule has 0 bridgehead atoms. The lowest BCUT2D eigenvalue weighted by atomic mass is 10.1. The molecule has 0 fully saturated rings. The van der Waals surface area contributed by atoms with Crippen LogP contribution in [0.2, 0.25) is 0 Å². The van der Waals surface area contributed by atoms with Crippen LogP contribution < -0.4 is 5.32 Å². The van der Waals surface area contributed by atoms with Crippen LogP contribution in [0, 0.1) is 0 Å². The molecule has 1 atom stereocenters. The zero-order valence-corrected chi connectivity index (χ0v) is 9.37. The quantitative estimate of drug-likeness (QED) is 0.267. The molecule has 0 aromatic carbocycles. The number of rotatable bonds is 9. The molecular weight excluding hydrogens is 218 g/mol. The highest BCUT2D eigenvalue weighted by Gasteiger charge is 2.18. The van der Waals surface area contributed by atoms with E-state index in [2.05, 4.69) is 11.9 Å². The predicted octanol–water partition coefficient (Wildman–Crippen LogP) is 0.735. The van der Waals surface area contributed by atoms with Gasteiger partial charge in [-0.1, -0.05) is 18.9 Å². The van der Waals surface area contributed by atoms with Crippen LogP contribution in [-0.2, 0) is 14.9 Å². The fourth-order valence-electron chi connectivity index (χ4n) is 1.20. The zero-order valence-electron chi connectivity index (χ0n) is 8.55. The van der Waals surface area contributed by atoms with Gasteiger partial charge in [0.15, 0.2) is 0 Å². The van der Waals surface area contributed by atoms with E-state index in [-0.39, 0.29) is 0 Å². The van der Waals surface area contributed by atoms with E-state index in [9.17, 15) is 13.2 Å². The average Bonchev–Trinajstić information content (AvgIpc) is 2.15. The third kappa shape index (κ3) is 7.10. The summed E-state index contributed by atoms with van der Waals surface area (Å²) < 4.78 is 30.3. The van der Waals surface area contributed by atoms with Crippen LogP contribution in [0.1, 0.15) is 25.7 Å². The highest BCUT2D eigenvalue weighted by Crippen LogP contribution is 2.10. The fourth-order valence-corrected chi connectivity index (χ4v) is 1.90. The van der Waals surface area contributed by atoms with E-state index >= 15 is 0 Å². The van der Waals surface area contributed by atoms with Crippen molar-refractivity contribution < 1.29 is 17.8 Å². The average molecular weight is 235 g/mol. The van der Waals surface area contributed by atoms with Crippen LogP contribution in [0.5, 0.6) is 0 Å². The molecule has 0 spiro atoms. The standard InChI is InChI=1S/C9H17NO4S/c1-2-9(15(12,13)14)6-4-3-5-7-10-8-11/h2,8-9H,1,3-7H2,(H,10,11)(H,12,13,14). The van der Waals surface area contributed by atoms with Gasteiger partial charge in [-0.2, -0.15) is 8.42 Å². The number of unbranched alkanes of at least 4 members (excludes halogenated alkanes) is 2. The maximum atomic E-state index is 10.8. The third-order valence-corrected chi connectivity index (χ3v) is 3.23. The highest BCUT2D eigenvalue weighted by atomic mass is 32.2. The van der Waals surface area contributed by atoms with Gasteiger partial charge < -0.3 is 5.32 Å². The van der Waals surface area contributed by atoms with Crippen LogP contribution in [0.3, 0.4) is 0 Å². The number of hydrogen-bond donors (Lipinski definition) is 2. The molecule has 0 rings (SSSR count). The van der Waals surface area contributed by atoms with Gasteiger partial charge >= 0.3 is 0 Å². The minimum Gasteiger partial charge on any atom is -0.359 e. The minimum atomic E-state index is -4.00. The molecule has 0 aromatic rings. The molecule has 1 unspecified atom stereocenters. The van der Waals surface area contributed by atoms with Gasteiger partial charge in [-0.15, -0.1) is 6.58 Å². The summed E-state index contributed by atoms with van der Waals surface area (Å²) in [6.45, 7) is 3.95. The number of carbonyl (C=O) groups is 1. The zero-order chi connectivity index (χ0) is 11.7. The number of hydrogen-bond acceptors (Lipinski definition) is 3. The van der Waals surface area contributed by atoms with Gasteiger partial charge in [-0.05, 0) is 12.8 Å². The summed E-state index contributed by atoms with van der Waals surface area (Å²) in [5.74, 6) is 0. The van der Waals surface area contributed by atoms with Crippen LogP contribution in [0.4, 0.5) is 0 Å². The largest absolute Gasteiger partial charge is 0.359 e. The monoisotopic (exact) mass is 235 g/mol. The Bertz CT molecular complexity index is 286. The molecule has 1 amide bonds. The molecule has 6 heteroatoms. The Labute approximate surface area is 90.3 Å². The van der Waals surface area contributed by atoms with Crippen LogP contribution in [0.15, 0.2) is 12.7 Å². The molecule has 0 aromatic heterocycles. The Kier molecular flexibility index (Phi) is 6.98. The molecule has 0 saturated carbocycles. The van der Waals surface area contributed by atoms with E-state index in [0.717, 1.165) is 12.8 Å². The summed E-state index contributed by atoms with van der Waals surface area (Å²) in [6, 6.07) is 0. The maximum Gasteiger partial charge on any atom is 0.271 e. The molecule has 0 aliphatic carbocycles. The van der Waals surface area contributed by atoms with Crippen molar-refractivity contribution in [2.45, 2.75) is 30.9 Å². The van der Waals surface area contributed by atoms with Crippen molar-refractivity contribution in [3.8, 4) is 0 Å². The first-order valence-corrected chi connectivity index (χ1v) is 6.28. The molecule has 88 valence electrons. The van der Waals surface area contributed by atoms with Gasteiger partial charge in [-0.25, -0.2) is 0 Å². The van der Waals surface area contributed by atoms with Crippen molar-refractivity contribution in [3.05, 3.63) is 12.7 Å². The summed E-state index contributed by atoms with van der Waals surface area (Å²) in [4.78, 5) is 9.89. The van der Waals surface area contributed by atoms with Gasteiger partial charge in [0.05, 0.1) is 0 Å². The van der Waals surface area contributed by atoms with E-state index in [1.54, 1.807) is 0 Å². The van der Waals surface area contributed by atoms with Crippen LogP contribution in [-0.4, -0.2) is 31.2 Å².